The van der Waals surface area contributed by atoms with Gasteiger partial charge in [-0.1, -0.05) is 34.6 Å². The van der Waals surface area contributed by atoms with Crippen LogP contribution < -0.4 is 0 Å². The highest BCUT2D eigenvalue weighted by Crippen LogP contribution is 2.61. The van der Waals surface area contributed by atoms with Crippen LogP contribution in [-0.2, 0) is 9.53 Å². The molecule has 0 aromatic heterocycles. The van der Waals surface area contributed by atoms with Crippen molar-refractivity contribution in [1.82, 2.24) is 0 Å². The molecule has 20 heavy (non-hydrogen) atoms. The molecule has 0 radical (unpaired) electrons. The van der Waals surface area contributed by atoms with Crippen molar-refractivity contribution in [2.75, 3.05) is 0 Å². The molecule has 0 aliphatic heterocycles. The first-order chi connectivity index (χ1) is 9.33. The van der Waals surface area contributed by atoms with E-state index in [4.69, 9.17) is 4.74 Å². The van der Waals surface area contributed by atoms with Crippen LogP contribution in [0.15, 0.2) is 0 Å². The van der Waals surface area contributed by atoms with Gasteiger partial charge in [0, 0.05) is 0 Å². The third-order valence-corrected chi connectivity index (χ3v) is 6.98. The Labute approximate surface area is 124 Å². The molecule has 0 aromatic carbocycles. The Balaban J connectivity index is 2.14. The Hall–Kier alpha value is -0.530. The fourth-order valence-corrected chi connectivity index (χ4v) is 4.87. The number of esters is 1. The maximum Gasteiger partial charge on any atom is 0.312 e. The molecule has 5 unspecified atom stereocenters. The quantitative estimate of drug-likeness (QED) is 0.675. The number of fused-ring (bicyclic) bond motifs is 2. The van der Waals surface area contributed by atoms with Crippen LogP contribution in [0.3, 0.4) is 0 Å². The molecule has 0 saturated heterocycles. The molecule has 5 atom stereocenters. The van der Waals surface area contributed by atoms with E-state index in [1.165, 1.54) is 6.42 Å². The van der Waals surface area contributed by atoms with Crippen molar-refractivity contribution < 1.29 is 9.53 Å². The number of rotatable bonds is 5. The Morgan fingerprint density at radius 1 is 1.15 bits per heavy atom. The molecule has 2 rings (SSSR count). The van der Waals surface area contributed by atoms with Crippen molar-refractivity contribution in [2.45, 2.75) is 79.2 Å². The number of carbonyl (C=O) groups is 1. The zero-order valence-corrected chi connectivity index (χ0v) is 14.2. The fourth-order valence-electron chi connectivity index (χ4n) is 4.87. The van der Waals surface area contributed by atoms with E-state index >= 15 is 0 Å². The van der Waals surface area contributed by atoms with E-state index in [0.717, 1.165) is 37.5 Å². The zero-order valence-electron chi connectivity index (χ0n) is 14.2. The van der Waals surface area contributed by atoms with Crippen molar-refractivity contribution in [1.29, 1.82) is 0 Å². The summed E-state index contributed by atoms with van der Waals surface area (Å²) in [6.45, 7) is 13.2. The van der Waals surface area contributed by atoms with Gasteiger partial charge < -0.3 is 4.74 Å². The van der Waals surface area contributed by atoms with Gasteiger partial charge in [0.05, 0.1) is 5.41 Å². The fraction of sp³-hybridized carbons (Fsp3) is 0.944. The molecule has 116 valence electrons. The SMILES string of the molecule is CCC(CC)(CC)OC(=O)C1(C)CC2CC1C(C)C2C. The van der Waals surface area contributed by atoms with Gasteiger partial charge in [-0.15, -0.1) is 0 Å². The van der Waals surface area contributed by atoms with Gasteiger partial charge in [-0.3, -0.25) is 4.79 Å². The highest BCUT2D eigenvalue weighted by molar-refractivity contribution is 5.78. The molecule has 0 amide bonds. The van der Waals surface area contributed by atoms with Crippen LogP contribution in [0.4, 0.5) is 0 Å². The summed E-state index contributed by atoms with van der Waals surface area (Å²) in [5.74, 6) is 2.76. The summed E-state index contributed by atoms with van der Waals surface area (Å²) < 4.78 is 6.07. The van der Waals surface area contributed by atoms with E-state index in [1.54, 1.807) is 0 Å². The van der Waals surface area contributed by atoms with E-state index in [2.05, 4.69) is 41.5 Å². The molecule has 2 fully saturated rings. The number of carbonyl (C=O) groups excluding carboxylic acids is 1. The molecule has 0 spiro atoms. The van der Waals surface area contributed by atoms with Crippen LogP contribution in [0.1, 0.15) is 73.6 Å². The Bertz CT molecular complexity index is 361. The van der Waals surface area contributed by atoms with Gasteiger partial charge in [-0.2, -0.15) is 0 Å². The van der Waals surface area contributed by atoms with E-state index in [9.17, 15) is 4.79 Å². The standard InChI is InChI=1S/C18H32O2/c1-7-18(8-2,9-3)20-16(19)17(6)11-14-10-15(17)13(5)12(14)4/h12-15H,7-11H2,1-6H3. The van der Waals surface area contributed by atoms with Gasteiger partial charge in [-0.05, 0) is 62.7 Å². The van der Waals surface area contributed by atoms with E-state index in [-0.39, 0.29) is 17.0 Å². The summed E-state index contributed by atoms with van der Waals surface area (Å²) in [4.78, 5) is 12.9. The van der Waals surface area contributed by atoms with Crippen LogP contribution in [0.2, 0.25) is 0 Å². The Morgan fingerprint density at radius 3 is 2.10 bits per heavy atom. The first-order valence-electron chi connectivity index (χ1n) is 8.57. The number of hydrogen-bond acceptors (Lipinski definition) is 2. The molecular formula is C18H32O2. The topological polar surface area (TPSA) is 26.3 Å². The molecule has 2 saturated carbocycles. The molecular weight excluding hydrogens is 248 g/mol. The molecule has 2 aliphatic carbocycles. The van der Waals surface area contributed by atoms with Crippen LogP contribution >= 0.6 is 0 Å². The monoisotopic (exact) mass is 280 g/mol. The maximum atomic E-state index is 12.9. The number of ether oxygens (including phenoxy) is 1. The van der Waals surface area contributed by atoms with Gasteiger partial charge in [-0.25, -0.2) is 0 Å². The van der Waals surface area contributed by atoms with Crippen molar-refractivity contribution in [3.8, 4) is 0 Å². The lowest BCUT2D eigenvalue weighted by atomic mass is 9.66. The van der Waals surface area contributed by atoms with Crippen molar-refractivity contribution in [3.63, 3.8) is 0 Å². The average Bonchev–Trinajstić information content (AvgIpc) is 2.94. The summed E-state index contributed by atoms with van der Waals surface area (Å²) >= 11 is 0. The molecule has 0 N–H and O–H groups in total. The minimum absolute atomic E-state index is 0.0781. The van der Waals surface area contributed by atoms with E-state index in [0.29, 0.717) is 11.8 Å². The van der Waals surface area contributed by atoms with Gasteiger partial charge in [0.15, 0.2) is 0 Å². The number of hydrogen-bond donors (Lipinski definition) is 0. The molecule has 2 nitrogen and oxygen atoms in total. The molecule has 2 aliphatic rings. The zero-order chi connectivity index (χ0) is 15.1. The third-order valence-electron chi connectivity index (χ3n) is 6.98. The highest BCUT2D eigenvalue weighted by atomic mass is 16.6. The van der Waals surface area contributed by atoms with Gasteiger partial charge >= 0.3 is 5.97 Å². The lowest BCUT2D eigenvalue weighted by molar-refractivity contribution is -0.178. The normalized spacial score (nSPS) is 40.1. The largest absolute Gasteiger partial charge is 0.459 e. The predicted molar refractivity (Wildman–Crippen MR) is 82.3 cm³/mol. The second-order valence-corrected chi connectivity index (χ2v) is 7.58. The van der Waals surface area contributed by atoms with Crippen LogP contribution in [-0.4, -0.2) is 11.6 Å². The Kier molecular flexibility index (Phi) is 4.24. The first-order valence-corrected chi connectivity index (χ1v) is 8.57. The lowest BCUT2D eigenvalue weighted by Gasteiger charge is -2.41. The Morgan fingerprint density at radius 2 is 1.70 bits per heavy atom. The summed E-state index contributed by atoms with van der Waals surface area (Å²) in [5, 5.41) is 0. The highest BCUT2D eigenvalue weighted by Gasteiger charge is 2.59. The minimum atomic E-state index is -0.239. The van der Waals surface area contributed by atoms with Crippen LogP contribution in [0.25, 0.3) is 0 Å². The summed E-state index contributed by atoms with van der Waals surface area (Å²) in [5.41, 5.74) is -0.474. The van der Waals surface area contributed by atoms with Gasteiger partial charge in [0.25, 0.3) is 0 Å². The maximum absolute atomic E-state index is 12.9. The second-order valence-electron chi connectivity index (χ2n) is 7.58. The minimum Gasteiger partial charge on any atom is -0.459 e. The smallest absolute Gasteiger partial charge is 0.312 e. The third kappa shape index (κ3) is 2.19. The summed E-state index contributed by atoms with van der Waals surface area (Å²) in [7, 11) is 0. The summed E-state index contributed by atoms with van der Waals surface area (Å²) in [6.07, 6.45) is 5.02. The van der Waals surface area contributed by atoms with Crippen LogP contribution in [0.5, 0.6) is 0 Å². The van der Waals surface area contributed by atoms with Crippen molar-refractivity contribution in [3.05, 3.63) is 0 Å². The second kappa shape index (κ2) is 5.35. The van der Waals surface area contributed by atoms with E-state index < -0.39 is 0 Å². The predicted octanol–water partition coefficient (Wildman–Crippen LogP) is 4.82. The van der Waals surface area contributed by atoms with Crippen LogP contribution in [0, 0.1) is 29.1 Å². The first kappa shape index (κ1) is 15.9. The van der Waals surface area contributed by atoms with Crippen molar-refractivity contribution >= 4 is 5.97 Å². The van der Waals surface area contributed by atoms with Gasteiger partial charge in [0.2, 0.25) is 0 Å². The van der Waals surface area contributed by atoms with Crippen molar-refractivity contribution in [2.24, 2.45) is 29.1 Å². The van der Waals surface area contributed by atoms with Gasteiger partial charge in [0.1, 0.15) is 5.60 Å². The summed E-state index contributed by atoms with van der Waals surface area (Å²) in [6, 6.07) is 0. The average molecular weight is 280 g/mol. The molecule has 0 heterocycles. The lowest BCUT2D eigenvalue weighted by Crippen LogP contribution is -2.45. The molecule has 0 aromatic rings. The van der Waals surface area contributed by atoms with E-state index in [1.807, 2.05) is 0 Å². The molecule has 2 bridgehead atoms. The molecule has 2 heteroatoms.